The highest BCUT2D eigenvalue weighted by Crippen LogP contribution is 2.29. The Morgan fingerprint density at radius 2 is 2.00 bits per heavy atom. The molecule has 2 heterocycles. The lowest BCUT2D eigenvalue weighted by molar-refractivity contribution is 1.14. The third-order valence-corrected chi connectivity index (χ3v) is 4.07. The molecule has 5 heteroatoms. The molecule has 0 aliphatic heterocycles. The maximum absolute atomic E-state index is 9.03. The van der Waals surface area contributed by atoms with Gasteiger partial charge in [-0.25, -0.2) is 9.97 Å². The van der Waals surface area contributed by atoms with E-state index >= 15 is 0 Å². The van der Waals surface area contributed by atoms with Gasteiger partial charge in [0, 0.05) is 34.5 Å². The van der Waals surface area contributed by atoms with Crippen LogP contribution in [0.25, 0.3) is 22.2 Å². The van der Waals surface area contributed by atoms with E-state index in [1.807, 2.05) is 43.6 Å². The van der Waals surface area contributed by atoms with Crippen LogP contribution in [0.15, 0.2) is 60.9 Å². The fraction of sp³-hybridized carbons (Fsp3) is 0.0500. The number of nitrogens with one attached hydrogen (secondary N) is 2. The molecule has 4 rings (SSSR count). The van der Waals surface area contributed by atoms with Crippen LogP contribution in [0.4, 0.5) is 11.6 Å². The average Bonchev–Trinajstić information content (AvgIpc) is 3.12. The average molecular weight is 325 g/mol. The van der Waals surface area contributed by atoms with Gasteiger partial charge in [-0.3, -0.25) is 0 Å². The number of fused-ring (bicyclic) bond motifs is 1. The Morgan fingerprint density at radius 3 is 2.88 bits per heavy atom. The summed E-state index contributed by atoms with van der Waals surface area (Å²) in [5.41, 5.74) is 5.41. The maximum atomic E-state index is 9.03. The van der Waals surface area contributed by atoms with Crippen molar-refractivity contribution in [1.82, 2.24) is 15.0 Å². The van der Waals surface area contributed by atoms with Gasteiger partial charge in [0.2, 0.25) is 5.95 Å². The van der Waals surface area contributed by atoms with Crippen LogP contribution < -0.4 is 5.32 Å². The summed E-state index contributed by atoms with van der Waals surface area (Å²) in [6.45, 7) is 2.00. The summed E-state index contributed by atoms with van der Waals surface area (Å²) in [7, 11) is 0. The van der Waals surface area contributed by atoms with Gasteiger partial charge >= 0.3 is 0 Å². The minimum Gasteiger partial charge on any atom is -0.361 e. The molecule has 0 unspecified atom stereocenters. The van der Waals surface area contributed by atoms with Gasteiger partial charge in [0.25, 0.3) is 0 Å². The van der Waals surface area contributed by atoms with Gasteiger partial charge in [0.1, 0.15) is 0 Å². The number of aryl methyl sites for hydroxylation is 1. The van der Waals surface area contributed by atoms with Gasteiger partial charge in [-0.1, -0.05) is 18.2 Å². The molecular weight excluding hydrogens is 310 g/mol. The number of nitrogens with zero attached hydrogens (tertiary/aromatic N) is 3. The third-order valence-electron chi connectivity index (χ3n) is 4.07. The van der Waals surface area contributed by atoms with E-state index < -0.39 is 0 Å². The predicted octanol–water partition coefficient (Wildman–Crippen LogP) is 4.55. The minimum absolute atomic E-state index is 0.503. The molecule has 0 bridgehead atoms. The molecule has 120 valence electrons. The largest absolute Gasteiger partial charge is 0.361 e. The van der Waals surface area contributed by atoms with Crippen LogP contribution in [0, 0.1) is 18.3 Å². The van der Waals surface area contributed by atoms with Crippen molar-refractivity contribution in [3.05, 3.63) is 72.1 Å². The summed E-state index contributed by atoms with van der Waals surface area (Å²) in [4.78, 5) is 12.3. The van der Waals surface area contributed by atoms with Gasteiger partial charge < -0.3 is 10.3 Å². The van der Waals surface area contributed by atoms with E-state index in [0.29, 0.717) is 11.5 Å². The van der Waals surface area contributed by atoms with Crippen molar-refractivity contribution < 1.29 is 0 Å². The Morgan fingerprint density at radius 1 is 1.12 bits per heavy atom. The number of rotatable bonds is 3. The molecule has 0 radical (unpaired) electrons. The molecule has 5 nitrogen and oxygen atoms in total. The highest BCUT2D eigenvalue weighted by atomic mass is 15.1. The number of aromatic amines is 1. The Hall–Kier alpha value is -3.65. The first-order valence-corrected chi connectivity index (χ1v) is 7.92. The smallest absolute Gasteiger partial charge is 0.227 e. The molecule has 2 aromatic carbocycles. The molecule has 0 aliphatic rings. The zero-order valence-corrected chi connectivity index (χ0v) is 13.6. The molecule has 0 saturated carbocycles. The minimum atomic E-state index is 0.503. The second-order valence-corrected chi connectivity index (χ2v) is 5.79. The topological polar surface area (TPSA) is 77.4 Å². The van der Waals surface area contributed by atoms with E-state index in [1.165, 1.54) is 0 Å². The SMILES string of the molecule is Cc1cnc(Nc2cccc(C#N)c2)nc1-c1cccc2[nH]ccc12. The van der Waals surface area contributed by atoms with E-state index in [9.17, 15) is 0 Å². The van der Waals surface area contributed by atoms with Gasteiger partial charge in [0.15, 0.2) is 0 Å². The van der Waals surface area contributed by atoms with Gasteiger partial charge in [-0.15, -0.1) is 0 Å². The number of aromatic nitrogens is 3. The normalized spacial score (nSPS) is 10.6. The van der Waals surface area contributed by atoms with Crippen molar-refractivity contribution in [1.29, 1.82) is 5.26 Å². The first-order chi connectivity index (χ1) is 12.2. The fourth-order valence-electron chi connectivity index (χ4n) is 2.86. The predicted molar refractivity (Wildman–Crippen MR) is 98.5 cm³/mol. The second kappa shape index (κ2) is 6.10. The van der Waals surface area contributed by atoms with Crippen LogP contribution in [0.5, 0.6) is 0 Å². The van der Waals surface area contributed by atoms with Gasteiger partial charge in [0.05, 0.1) is 17.3 Å². The summed E-state index contributed by atoms with van der Waals surface area (Å²) in [6, 6.07) is 17.6. The van der Waals surface area contributed by atoms with Gasteiger partial charge in [-0.2, -0.15) is 5.26 Å². The second-order valence-electron chi connectivity index (χ2n) is 5.79. The standard InChI is InChI=1S/C20H15N5/c1-13-12-23-20(24-15-5-2-4-14(10-15)11-21)25-19(13)17-6-3-7-18-16(17)8-9-22-18/h2-10,12,22H,1H3,(H,23,24,25). The van der Waals surface area contributed by atoms with Crippen LogP contribution in [0.2, 0.25) is 0 Å². The molecule has 0 fully saturated rings. The Labute approximate surface area is 145 Å². The maximum Gasteiger partial charge on any atom is 0.227 e. The zero-order valence-electron chi connectivity index (χ0n) is 13.6. The monoisotopic (exact) mass is 325 g/mol. The van der Waals surface area contributed by atoms with Crippen molar-refractivity contribution in [3.8, 4) is 17.3 Å². The number of hydrogen-bond acceptors (Lipinski definition) is 4. The van der Waals surface area contributed by atoms with E-state index in [4.69, 9.17) is 10.2 Å². The van der Waals surface area contributed by atoms with Crippen LogP contribution in [-0.4, -0.2) is 15.0 Å². The molecule has 0 amide bonds. The highest BCUT2D eigenvalue weighted by Gasteiger charge is 2.11. The van der Waals surface area contributed by atoms with Crippen LogP contribution in [-0.2, 0) is 0 Å². The molecule has 4 aromatic rings. The quantitative estimate of drug-likeness (QED) is 0.579. The molecule has 25 heavy (non-hydrogen) atoms. The first-order valence-electron chi connectivity index (χ1n) is 7.92. The molecule has 0 saturated heterocycles. The zero-order chi connectivity index (χ0) is 17.2. The van der Waals surface area contributed by atoms with Crippen molar-refractivity contribution >= 4 is 22.5 Å². The molecule has 0 atom stereocenters. The van der Waals surface area contributed by atoms with Gasteiger partial charge in [-0.05, 0) is 42.8 Å². The van der Waals surface area contributed by atoms with Crippen molar-refractivity contribution in [2.24, 2.45) is 0 Å². The summed E-state index contributed by atoms with van der Waals surface area (Å²) < 4.78 is 0. The molecule has 0 aliphatic carbocycles. The van der Waals surface area contributed by atoms with E-state index in [2.05, 4.69) is 33.5 Å². The van der Waals surface area contributed by atoms with E-state index in [0.717, 1.165) is 33.4 Å². The molecule has 2 aromatic heterocycles. The summed E-state index contributed by atoms with van der Waals surface area (Å²) in [6.07, 6.45) is 3.74. The lowest BCUT2D eigenvalue weighted by Gasteiger charge is -2.10. The van der Waals surface area contributed by atoms with Crippen LogP contribution >= 0.6 is 0 Å². The first kappa shape index (κ1) is 14.9. The number of benzene rings is 2. The number of hydrogen-bond donors (Lipinski definition) is 2. The number of H-pyrrole nitrogens is 1. The molecular formula is C20H15N5. The number of nitriles is 1. The number of anilines is 2. The molecule has 2 N–H and O–H groups in total. The van der Waals surface area contributed by atoms with Crippen molar-refractivity contribution in [3.63, 3.8) is 0 Å². The lowest BCUT2D eigenvalue weighted by Crippen LogP contribution is -2.00. The highest BCUT2D eigenvalue weighted by molar-refractivity contribution is 5.94. The molecule has 0 spiro atoms. The van der Waals surface area contributed by atoms with Crippen LogP contribution in [0.1, 0.15) is 11.1 Å². The Bertz CT molecular complexity index is 1100. The van der Waals surface area contributed by atoms with Crippen LogP contribution in [0.3, 0.4) is 0 Å². The lowest BCUT2D eigenvalue weighted by atomic mass is 10.0. The fourth-order valence-corrected chi connectivity index (χ4v) is 2.86. The summed E-state index contributed by atoms with van der Waals surface area (Å²) >= 11 is 0. The van der Waals surface area contributed by atoms with E-state index in [1.54, 1.807) is 12.1 Å². The Kier molecular flexibility index (Phi) is 3.64. The van der Waals surface area contributed by atoms with Crippen molar-refractivity contribution in [2.45, 2.75) is 6.92 Å². The van der Waals surface area contributed by atoms with Crippen molar-refractivity contribution in [2.75, 3.05) is 5.32 Å². The van der Waals surface area contributed by atoms with E-state index in [-0.39, 0.29) is 0 Å². The summed E-state index contributed by atoms with van der Waals surface area (Å²) in [5.74, 6) is 0.503. The summed E-state index contributed by atoms with van der Waals surface area (Å²) in [5, 5.41) is 13.3. The third kappa shape index (κ3) is 2.81. The Balaban J connectivity index is 1.76.